The predicted molar refractivity (Wildman–Crippen MR) is 111 cm³/mol. The minimum atomic E-state index is -1.10. The second-order valence-electron chi connectivity index (χ2n) is 8.73. The van der Waals surface area contributed by atoms with Crippen molar-refractivity contribution in [3.05, 3.63) is 0 Å². The van der Waals surface area contributed by atoms with Crippen molar-refractivity contribution in [2.75, 3.05) is 19.6 Å². The molecule has 0 radical (unpaired) electrons. The molecule has 5 atom stereocenters. The van der Waals surface area contributed by atoms with Crippen molar-refractivity contribution in [1.82, 2.24) is 16.0 Å². The fourth-order valence-corrected chi connectivity index (χ4v) is 4.62. The van der Waals surface area contributed by atoms with E-state index in [1.54, 1.807) is 0 Å². The SMILES string of the molecule is CC(=O)[C@H](CCN)NC(=O)[C@@H](NC(=O)[C@@H]1CNC[C@H](C2CCCCC2)C1)[C@H](C)O. The van der Waals surface area contributed by atoms with E-state index in [0.717, 1.165) is 13.0 Å². The van der Waals surface area contributed by atoms with Crippen molar-refractivity contribution in [3.8, 4) is 0 Å². The van der Waals surface area contributed by atoms with Crippen molar-refractivity contribution in [2.24, 2.45) is 23.5 Å². The van der Waals surface area contributed by atoms with Gasteiger partial charge in [0.25, 0.3) is 0 Å². The standard InChI is InChI=1S/C21H38N4O4/c1-13(26)18(8-9-22)24-21(29)19(14(2)27)25-20(28)17-10-16(11-23-12-17)15-6-4-3-5-7-15/h14-19,23,27H,3-12,22H2,1-2H3,(H,24,29)(H,25,28)/t14-,16+,17-,18-,19-/m0/s1. The van der Waals surface area contributed by atoms with Crippen molar-refractivity contribution >= 4 is 17.6 Å². The maximum Gasteiger partial charge on any atom is 0.245 e. The molecule has 1 aliphatic heterocycles. The van der Waals surface area contributed by atoms with Crippen LogP contribution in [0.3, 0.4) is 0 Å². The highest BCUT2D eigenvalue weighted by atomic mass is 16.3. The maximum atomic E-state index is 12.9. The second-order valence-corrected chi connectivity index (χ2v) is 8.73. The zero-order valence-electron chi connectivity index (χ0n) is 17.8. The molecular weight excluding hydrogens is 372 g/mol. The molecule has 1 heterocycles. The van der Waals surface area contributed by atoms with Gasteiger partial charge in [-0.05, 0) is 51.6 Å². The maximum absolute atomic E-state index is 12.9. The highest BCUT2D eigenvalue weighted by Crippen LogP contribution is 2.34. The van der Waals surface area contributed by atoms with E-state index in [2.05, 4.69) is 16.0 Å². The zero-order valence-corrected chi connectivity index (χ0v) is 17.8. The van der Waals surface area contributed by atoms with Crippen molar-refractivity contribution < 1.29 is 19.5 Å². The topological polar surface area (TPSA) is 134 Å². The van der Waals surface area contributed by atoms with Crippen LogP contribution in [-0.2, 0) is 14.4 Å². The van der Waals surface area contributed by atoms with Crippen LogP contribution in [-0.4, -0.2) is 60.5 Å². The van der Waals surface area contributed by atoms with Crippen LogP contribution in [0.1, 0.15) is 58.8 Å². The van der Waals surface area contributed by atoms with Gasteiger partial charge in [0.2, 0.25) is 11.8 Å². The number of amides is 2. The van der Waals surface area contributed by atoms with Gasteiger partial charge in [-0.1, -0.05) is 32.1 Å². The Labute approximate surface area is 173 Å². The van der Waals surface area contributed by atoms with Gasteiger partial charge in [0, 0.05) is 6.54 Å². The number of ketones is 1. The number of piperidine rings is 1. The summed E-state index contributed by atoms with van der Waals surface area (Å²) in [7, 11) is 0. The number of rotatable bonds is 9. The molecule has 166 valence electrons. The van der Waals surface area contributed by atoms with E-state index in [9.17, 15) is 19.5 Å². The monoisotopic (exact) mass is 410 g/mol. The molecule has 29 heavy (non-hydrogen) atoms. The lowest BCUT2D eigenvalue weighted by Gasteiger charge is -2.37. The number of nitrogens with two attached hydrogens (primary N) is 1. The van der Waals surface area contributed by atoms with Gasteiger partial charge in [-0.15, -0.1) is 0 Å². The number of nitrogens with one attached hydrogen (secondary N) is 3. The highest BCUT2D eigenvalue weighted by Gasteiger charge is 2.35. The lowest BCUT2D eigenvalue weighted by atomic mass is 9.74. The van der Waals surface area contributed by atoms with E-state index in [0.29, 0.717) is 24.8 Å². The van der Waals surface area contributed by atoms with Gasteiger partial charge in [0.1, 0.15) is 6.04 Å². The number of hydrogen-bond donors (Lipinski definition) is 5. The fourth-order valence-electron chi connectivity index (χ4n) is 4.62. The van der Waals surface area contributed by atoms with Crippen LogP contribution in [0.2, 0.25) is 0 Å². The molecule has 0 bridgehead atoms. The Balaban J connectivity index is 1.95. The first-order valence-electron chi connectivity index (χ1n) is 11.0. The van der Waals surface area contributed by atoms with E-state index in [-0.39, 0.29) is 24.2 Å². The Bertz CT molecular complexity index is 563. The fraction of sp³-hybridized carbons (Fsp3) is 0.857. The summed E-state index contributed by atoms with van der Waals surface area (Å²) in [5, 5.41) is 18.8. The van der Waals surface area contributed by atoms with Crippen LogP contribution < -0.4 is 21.7 Å². The van der Waals surface area contributed by atoms with E-state index < -0.39 is 24.1 Å². The molecule has 8 nitrogen and oxygen atoms in total. The van der Waals surface area contributed by atoms with Gasteiger partial charge >= 0.3 is 0 Å². The van der Waals surface area contributed by atoms with Crippen molar-refractivity contribution in [3.63, 3.8) is 0 Å². The Morgan fingerprint density at radius 3 is 2.38 bits per heavy atom. The molecule has 2 aliphatic rings. The second kappa shape index (κ2) is 11.6. The normalized spacial score (nSPS) is 26.2. The van der Waals surface area contributed by atoms with Gasteiger partial charge in [0.15, 0.2) is 5.78 Å². The van der Waals surface area contributed by atoms with Gasteiger partial charge in [-0.3, -0.25) is 14.4 Å². The molecule has 0 spiro atoms. The molecule has 0 aromatic carbocycles. The summed E-state index contributed by atoms with van der Waals surface area (Å²) >= 11 is 0. The average Bonchev–Trinajstić information content (AvgIpc) is 2.71. The van der Waals surface area contributed by atoms with E-state index >= 15 is 0 Å². The van der Waals surface area contributed by atoms with Crippen LogP contribution in [0.25, 0.3) is 0 Å². The third-order valence-corrected chi connectivity index (χ3v) is 6.40. The summed E-state index contributed by atoms with van der Waals surface area (Å²) in [4.78, 5) is 37.2. The molecule has 2 rings (SSSR count). The van der Waals surface area contributed by atoms with E-state index in [4.69, 9.17) is 5.73 Å². The number of carbonyl (C=O) groups excluding carboxylic acids is 3. The Morgan fingerprint density at radius 1 is 1.10 bits per heavy atom. The molecular formula is C21H38N4O4. The first-order chi connectivity index (χ1) is 13.8. The largest absolute Gasteiger partial charge is 0.391 e. The molecule has 0 aromatic rings. The quantitative estimate of drug-likeness (QED) is 0.366. The van der Waals surface area contributed by atoms with Crippen LogP contribution in [0.4, 0.5) is 0 Å². The Hall–Kier alpha value is -1.51. The molecule has 2 fully saturated rings. The third kappa shape index (κ3) is 7.04. The van der Waals surface area contributed by atoms with Gasteiger partial charge in [-0.2, -0.15) is 0 Å². The lowest BCUT2D eigenvalue weighted by Crippen LogP contribution is -2.57. The third-order valence-electron chi connectivity index (χ3n) is 6.40. The van der Waals surface area contributed by atoms with E-state index in [1.165, 1.54) is 46.0 Å². The number of aliphatic hydroxyl groups excluding tert-OH is 1. The first kappa shape index (κ1) is 23.8. The first-order valence-corrected chi connectivity index (χ1v) is 11.0. The Kier molecular flexibility index (Phi) is 9.52. The van der Waals surface area contributed by atoms with Crippen LogP contribution >= 0.6 is 0 Å². The summed E-state index contributed by atoms with van der Waals surface area (Å²) in [6.07, 6.45) is 6.34. The molecule has 1 aliphatic carbocycles. The minimum Gasteiger partial charge on any atom is -0.391 e. The average molecular weight is 411 g/mol. The summed E-state index contributed by atoms with van der Waals surface area (Å²) in [6.45, 7) is 4.61. The minimum absolute atomic E-state index is 0.203. The summed E-state index contributed by atoms with van der Waals surface area (Å²) in [5.41, 5.74) is 5.50. The van der Waals surface area contributed by atoms with Crippen molar-refractivity contribution in [1.29, 1.82) is 0 Å². The number of carbonyl (C=O) groups is 3. The lowest BCUT2D eigenvalue weighted by molar-refractivity contribution is -0.135. The van der Waals surface area contributed by atoms with E-state index in [1.807, 2.05) is 0 Å². The highest BCUT2D eigenvalue weighted by molar-refractivity contribution is 5.92. The molecule has 0 unspecified atom stereocenters. The molecule has 8 heteroatoms. The zero-order chi connectivity index (χ0) is 21.4. The van der Waals surface area contributed by atoms with Crippen molar-refractivity contribution in [2.45, 2.75) is 77.0 Å². The smallest absolute Gasteiger partial charge is 0.245 e. The summed E-state index contributed by atoms with van der Waals surface area (Å²) in [6, 6.07) is -1.81. The molecule has 1 saturated carbocycles. The van der Waals surface area contributed by atoms with Crippen LogP contribution in [0.5, 0.6) is 0 Å². The number of aliphatic hydroxyl groups is 1. The van der Waals surface area contributed by atoms with Crippen LogP contribution in [0, 0.1) is 17.8 Å². The van der Waals surface area contributed by atoms with Gasteiger partial charge in [0.05, 0.1) is 18.1 Å². The van der Waals surface area contributed by atoms with Gasteiger partial charge < -0.3 is 26.8 Å². The summed E-state index contributed by atoms with van der Waals surface area (Å²) < 4.78 is 0. The number of hydrogen-bond acceptors (Lipinski definition) is 6. The van der Waals surface area contributed by atoms with Crippen LogP contribution in [0.15, 0.2) is 0 Å². The predicted octanol–water partition coefficient (Wildman–Crippen LogP) is 0.0806. The molecule has 2 amide bonds. The Morgan fingerprint density at radius 2 is 1.79 bits per heavy atom. The molecule has 0 aromatic heterocycles. The number of Topliss-reactive ketones (excluding diaryl/α,β-unsaturated/α-hetero) is 1. The van der Waals surface area contributed by atoms with Gasteiger partial charge in [-0.25, -0.2) is 0 Å². The molecule has 1 saturated heterocycles. The molecule has 6 N–H and O–H groups in total. The summed E-state index contributed by atoms with van der Waals surface area (Å²) in [5.74, 6) is -0.0731.